The average Bonchev–Trinajstić information content (AvgIpc) is 2.67. The number of benzene rings is 1. The zero-order chi connectivity index (χ0) is 25.4. The van der Waals surface area contributed by atoms with Crippen LogP contribution in [0, 0.1) is 20.2 Å². The van der Waals surface area contributed by atoms with Crippen LogP contribution in [0.25, 0.3) is 0 Å². The van der Waals surface area contributed by atoms with Gasteiger partial charge in [-0.2, -0.15) is 8.42 Å². The number of rotatable bonds is 14. The molecule has 0 spiro atoms. The first-order valence-corrected chi connectivity index (χ1v) is 13.2. The minimum absolute atomic E-state index is 0. The van der Waals surface area contributed by atoms with E-state index >= 15 is 0 Å². The predicted molar refractivity (Wildman–Crippen MR) is 123 cm³/mol. The van der Waals surface area contributed by atoms with Gasteiger partial charge in [-0.25, -0.2) is 4.57 Å². The van der Waals surface area contributed by atoms with E-state index < -0.39 is 70.4 Å². The number of carbonyl (C=O) groups is 1. The summed E-state index contributed by atoms with van der Waals surface area (Å²) in [6.07, 6.45) is 0.800. The normalized spacial score (nSPS) is 11.4. The first-order chi connectivity index (χ1) is 15.2. The Morgan fingerprint density at radius 3 is 2.29 bits per heavy atom. The van der Waals surface area contributed by atoms with E-state index in [2.05, 4.69) is 30.0 Å². The van der Waals surface area contributed by atoms with Crippen molar-refractivity contribution in [2.45, 2.75) is 0 Å². The number of nitro groups is 2. The molecule has 1 amide bonds. The Morgan fingerprint density at radius 1 is 1.21 bits per heavy atom. The molecule has 187 valence electrons. The summed E-state index contributed by atoms with van der Waals surface area (Å²) in [6, 6.07) is 1.45. The molecule has 1 aromatic carbocycles. The van der Waals surface area contributed by atoms with Crippen LogP contribution in [0.3, 0.4) is 0 Å². The van der Waals surface area contributed by atoms with E-state index in [1.165, 1.54) is 4.90 Å². The average molecular weight is 602 g/mol. The number of hydrogen-bond donors (Lipinski definition) is 3. The quantitative estimate of drug-likeness (QED) is 0.0490. The van der Waals surface area contributed by atoms with Gasteiger partial charge >= 0.3 is 7.82 Å². The summed E-state index contributed by atoms with van der Waals surface area (Å²) < 4.78 is 42.0. The van der Waals surface area contributed by atoms with Crippen LogP contribution in [0.4, 0.5) is 17.1 Å². The van der Waals surface area contributed by atoms with Crippen LogP contribution in [0.5, 0.6) is 0 Å². The van der Waals surface area contributed by atoms with E-state index in [-0.39, 0.29) is 53.7 Å². The van der Waals surface area contributed by atoms with Crippen molar-refractivity contribution in [1.29, 1.82) is 0 Å². The molecule has 20 heteroatoms. The largest absolute Gasteiger partial charge is 0.469 e. The van der Waals surface area contributed by atoms with E-state index in [4.69, 9.17) is 9.79 Å². The smallest absolute Gasteiger partial charge is 0.362 e. The van der Waals surface area contributed by atoms with Crippen molar-refractivity contribution in [3.8, 4) is 0 Å². The third kappa shape index (κ3) is 11.5. The monoisotopic (exact) mass is 601 g/mol. The standard InChI is InChI=1S/C14H20BrN4O12PS.Na/c1-33(28,29)31-7-5-17(4-2-15)13-11(14(20)16-3-6-30-32(25,26)27)8-10(18(21)22)9-12(13)19(23)24;/h8-9H,2-7H2,1H3,(H,16,20)(H2,25,26,27);. The number of amides is 1. The zero-order valence-electron chi connectivity index (χ0n) is 17.9. The van der Waals surface area contributed by atoms with Gasteiger partial charge in [-0.05, 0) is 0 Å². The minimum Gasteiger partial charge on any atom is -0.362 e. The van der Waals surface area contributed by atoms with Gasteiger partial charge in [-0.3, -0.25) is 33.7 Å². The second-order valence-corrected chi connectivity index (χ2v) is 9.83. The number of hydrogen-bond acceptors (Lipinski definition) is 11. The molecule has 0 atom stereocenters. The minimum atomic E-state index is -4.81. The Hall–Kier alpha value is -1.21. The maximum Gasteiger partial charge on any atom is 0.469 e. The molecule has 34 heavy (non-hydrogen) atoms. The van der Waals surface area contributed by atoms with E-state index in [0.717, 1.165) is 12.3 Å². The SMILES string of the molecule is CS(=O)(=O)OCCN(CCBr)c1c(C(=O)NCCOP(=O)(O)O)cc([N+](=O)[O-])cc1[N+](=O)[O-].[Na]. The third-order valence-corrected chi connectivity index (χ3v) is 5.17. The number of nitrogens with zero attached hydrogens (tertiary/aromatic N) is 3. The summed E-state index contributed by atoms with van der Waals surface area (Å²) in [5, 5.41) is 25.3. The molecule has 1 aromatic rings. The number of phosphoric acid groups is 1. The van der Waals surface area contributed by atoms with E-state index in [1.54, 1.807) is 0 Å². The summed E-state index contributed by atoms with van der Waals surface area (Å²) in [7, 11) is -8.64. The molecule has 0 aromatic heterocycles. The van der Waals surface area contributed by atoms with E-state index in [1.807, 2.05) is 0 Å². The Morgan fingerprint density at radius 2 is 1.82 bits per heavy atom. The van der Waals surface area contributed by atoms with Gasteiger partial charge in [-0.1, -0.05) is 15.9 Å². The topological polar surface area (TPSA) is 229 Å². The molecule has 16 nitrogen and oxygen atoms in total. The Bertz CT molecular complexity index is 1050. The summed E-state index contributed by atoms with van der Waals surface area (Å²) in [5.74, 6) is -1.03. The second kappa shape index (κ2) is 14.4. The molecule has 1 radical (unpaired) electrons. The van der Waals surface area contributed by atoms with Gasteiger partial charge in [0.15, 0.2) is 0 Å². The predicted octanol–water partition coefficient (Wildman–Crippen LogP) is 0.139. The van der Waals surface area contributed by atoms with Crippen molar-refractivity contribution in [3.63, 3.8) is 0 Å². The number of nitrogens with one attached hydrogen (secondary N) is 1. The molecule has 0 aliphatic rings. The molecule has 1 rings (SSSR count). The third-order valence-electron chi connectivity index (χ3n) is 3.70. The molecular formula is C14H20BrN4NaO12PS. The van der Waals surface area contributed by atoms with Crippen LogP contribution in [0.15, 0.2) is 12.1 Å². The van der Waals surface area contributed by atoms with Gasteiger partial charge in [0, 0.05) is 60.6 Å². The number of nitro benzene ring substituents is 2. The van der Waals surface area contributed by atoms with Crippen LogP contribution in [0.2, 0.25) is 0 Å². The van der Waals surface area contributed by atoms with Crippen LogP contribution >= 0.6 is 23.8 Å². The summed E-state index contributed by atoms with van der Waals surface area (Å²) in [5.41, 5.74) is -2.38. The van der Waals surface area contributed by atoms with Crippen molar-refractivity contribution < 1.29 is 46.1 Å². The maximum atomic E-state index is 12.7. The van der Waals surface area contributed by atoms with Gasteiger partial charge < -0.3 is 20.0 Å². The van der Waals surface area contributed by atoms with Crippen LogP contribution in [-0.2, 0) is 23.4 Å². The van der Waals surface area contributed by atoms with Gasteiger partial charge in [0.25, 0.3) is 27.4 Å². The van der Waals surface area contributed by atoms with E-state index in [0.29, 0.717) is 6.07 Å². The van der Waals surface area contributed by atoms with Crippen LogP contribution in [-0.4, -0.2) is 108 Å². The van der Waals surface area contributed by atoms with Gasteiger partial charge in [0.2, 0.25) is 0 Å². The molecule has 0 heterocycles. The second-order valence-electron chi connectivity index (χ2n) is 6.16. The van der Waals surface area contributed by atoms with Crippen molar-refractivity contribution >= 4 is 86.4 Å². The molecule has 0 aliphatic heterocycles. The van der Waals surface area contributed by atoms with Crippen molar-refractivity contribution in [2.75, 3.05) is 49.3 Å². The molecule has 0 aliphatic carbocycles. The molecule has 0 saturated carbocycles. The van der Waals surface area contributed by atoms with Gasteiger partial charge in [0.1, 0.15) is 5.69 Å². The molecule has 0 unspecified atom stereocenters. The Labute approximate surface area is 224 Å². The maximum absolute atomic E-state index is 12.7. The molecule has 3 N–H and O–H groups in total. The molecular weight excluding hydrogens is 582 g/mol. The first-order valence-electron chi connectivity index (χ1n) is 8.76. The summed E-state index contributed by atoms with van der Waals surface area (Å²) in [4.78, 5) is 52.3. The van der Waals surface area contributed by atoms with Crippen molar-refractivity contribution in [3.05, 3.63) is 37.9 Å². The number of alkyl halides is 1. The zero-order valence-corrected chi connectivity index (χ0v) is 23.2. The fraction of sp³-hybridized carbons (Fsp3) is 0.500. The summed E-state index contributed by atoms with van der Waals surface area (Å²) >= 11 is 3.14. The molecule has 0 fully saturated rings. The van der Waals surface area contributed by atoms with Crippen molar-refractivity contribution in [2.24, 2.45) is 0 Å². The molecule has 0 bridgehead atoms. The Kier molecular flexibility index (Phi) is 13.9. The number of halogens is 1. The van der Waals surface area contributed by atoms with Gasteiger partial charge in [0.05, 0.1) is 40.9 Å². The van der Waals surface area contributed by atoms with Crippen molar-refractivity contribution in [1.82, 2.24) is 5.32 Å². The van der Waals surface area contributed by atoms with Gasteiger partial charge in [-0.15, -0.1) is 0 Å². The number of non-ortho nitro benzene ring substituents is 1. The number of phosphoric ester groups is 1. The summed E-state index contributed by atoms with van der Waals surface area (Å²) in [6.45, 7) is -1.70. The Balaban J connectivity index is 0.0000109. The van der Waals surface area contributed by atoms with Crippen LogP contribution < -0.4 is 10.2 Å². The van der Waals surface area contributed by atoms with E-state index in [9.17, 15) is 38.0 Å². The first kappa shape index (κ1) is 32.8. The fourth-order valence-corrected chi connectivity index (χ4v) is 3.65. The molecule has 0 saturated heterocycles. The number of anilines is 1. The van der Waals surface area contributed by atoms with Crippen LogP contribution in [0.1, 0.15) is 10.4 Å². The number of carbonyl (C=O) groups excluding carboxylic acids is 1. The fourth-order valence-electron chi connectivity index (χ4n) is 2.51.